The smallest absolute Gasteiger partial charge is 0.222 e. The molecule has 0 fully saturated rings. The summed E-state index contributed by atoms with van der Waals surface area (Å²) in [5.74, 6) is -0.0216. The van der Waals surface area contributed by atoms with Crippen molar-refractivity contribution in [3.8, 4) is 0 Å². The molecular formula is C14H15FN4. The zero-order chi connectivity index (χ0) is 13.2. The monoisotopic (exact) mass is 258 g/mol. The van der Waals surface area contributed by atoms with Crippen molar-refractivity contribution < 1.29 is 4.39 Å². The van der Waals surface area contributed by atoms with E-state index in [1.54, 1.807) is 0 Å². The highest BCUT2D eigenvalue weighted by molar-refractivity contribution is 5.45. The molecule has 1 aromatic heterocycles. The number of anilines is 2. The van der Waals surface area contributed by atoms with Crippen LogP contribution in [-0.2, 0) is 13.0 Å². The Bertz CT molecular complexity index is 600. The van der Waals surface area contributed by atoms with Gasteiger partial charge in [-0.1, -0.05) is 24.3 Å². The van der Waals surface area contributed by atoms with E-state index in [9.17, 15) is 4.39 Å². The van der Waals surface area contributed by atoms with Crippen molar-refractivity contribution in [3.05, 3.63) is 47.4 Å². The van der Waals surface area contributed by atoms with Gasteiger partial charge in [0.1, 0.15) is 0 Å². The fourth-order valence-electron chi connectivity index (χ4n) is 2.47. The summed E-state index contributed by atoms with van der Waals surface area (Å²) in [4.78, 5) is 9.63. The molecule has 4 nitrogen and oxygen atoms in total. The molecule has 19 heavy (non-hydrogen) atoms. The molecule has 0 bridgehead atoms. The summed E-state index contributed by atoms with van der Waals surface area (Å²) >= 11 is 0. The van der Waals surface area contributed by atoms with Gasteiger partial charge in [0, 0.05) is 13.1 Å². The molecule has 1 aromatic carbocycles. The fourth-order valence-corrected chi connectivity index (χ4v) is 2.47. The molecule has 0 amide bonds. The summed E-state index contributed by atoms with van der Waals surface area (Å²) in [6.45, 7) is 1.42. The predicted octanol–water partition coefficient (Wildman–Crippen LogP) is 2.15. The lowest BCUT2D eigenvalue weighted by Crippen LogP contribution is -2.25. The Balaban J connectivity index is 1.96. The first kappa shape index (κ1) is 11.9. The van der Waals surface area contributed by atoms with Crippen LogP contribution in [0.4, 0.5) is 16.2 Å². The zero-order valence-corrected chi connectivity index (χ0v) is 10.5. The maximum Gasteiger partial charge on any atom is 0.222 e. The number of halogens is 1. The van der Waals surface area contributed by atoms with E-state index in [1.807, 2.05) is 17.0 Å². The van der Waals surface area contributed by atoms with Gasteiger partial charge in [-0.3, -0.25) is 0 Å². The summed E-state index contributed by atoms with van der Waals surface area (Å²) in [6, 6.07) is 8.25. The highest BCUT2D eigenvalue weighted by Crippen LogP contribution is 2.24. The average Bonchev–Trinajstić information content (AvgIpc) is 2.63. The minimum absolute atomic E-state index is 0.105. The molecule has 0 saturated carbocycles. The third-order valence-electron chi connectivity index (χ3n) is 3.40. The number of fused-ring (bicyclic) bond motifs is 1. The first-order chi connectivity index (χ1) is 9.24. The molecule has 0 radical (unpaired) electrons. The molecule has 3 rings (SSSR count). The van der Waals surface area contributed by atoms with Crippen molar-refractivity contribution in [1.82, 2.24) is 9.97 Å². The zero-order valence-electron chi connectivity index (χ0n) is 10.5. The van der Waals surface area contributed by atoms with Crippen LogP contribution in [-0.4, -0.2) is 16.5 Å². The van der Waals surface area contributed by atoms with Gasteiger partial charge in [0.15, 0.2) is 11.6 Å². The van der Waals surface area contributed by atoms with Crippen LogP contribution in [0.15, 0.2) is 30.5 Å². The number of hydrogen-bond donors (Lipinski definition) is 1. The van der Waals surface area contributed by atoms with Crippen LogP contribution in [0, 0.1) is 5.82 Å². The van der Waals surface area contributed by atoms with Gasteiger partial charge in [0.05, 0.1) is 6.20 Å². The second kappa shape index (κ2) is 4.84. The van der Waals surface area contributed by atoms with Gasteiger partial charge >= 0.3 is 0 Å². The minimum Gasteiger partial charge on any atom is -0.368 e. The largest absolute Gasteiger partial charge is 0.368 e. The van der Waals surface area contributed by atoms with Crippen LogP contribution in [0.25, 0.3) is 0 Å². The second-order valence-electron chi connectivity index (χ2n) is 4.69. The predicted molar refractivity (Wildman–Crippen MR) is 72.2 cm³/mol. The van der Waals surface area contributed by atoms with Crippen molar-refractivity contribution in [2.24, 2.45) is 0 Å². The Hall–Kier alpha value is -2.17. The van der Waals surface area contributed by atoms with E-state index >= 15 is 0 Å². The van der Waals surface area contributed by atoms with Crippen LogP contribution in [0.3, 0.4) is 0 Å². The Kier molecular flexibility index (Phi) is 3.03. The van der Waals surface area contributed by atoms with E-state index in [0.29, 0.717) is 12.4 Å². The second-order valence-corrected chi connectivity index (χ2v) is 4.69. The molecule has 1 aliphatic heterocycles. The van der Waals surface area contributed by atoms with Crippen LogP contribution in [0.5, 0.6) is 0 Å². The maximum absolute atomic E-state index is 13.8. The van der Waals surface area contributed by atoms with E-state index in [2.05, 4.69) is 22.1 Å². The molecule has 98 valence electrons. The molecule has 0 aliphatic carbocycles. The molecule has 0 spiro atoms. The fraction of sp³-hybridized carbons (Fsp3) is 0.286. The number of aryl methyl sites for hydroxylation is 1. The summed E-state index contributed by atoms with van der Waals surface area (Å²) in [6.07, 6.45) is 3.11. The summed E-state index contributed by atoms with van der Waals surface area (Å²) in [5, 5.41) is 0. The van der Waals surface area contributed by atoms with Crippen LogP contribution < -0.4 is 10.6 Å². The summed E-state index contributed by atoms with van der Waals surface area (Å²) in [7, 11) is 0. The highest BCUT2D eigenvalue weighted by atomic mass is 19.1. The summed E-state index contributed by atoms with van der Waals surface area (Å²) in [5.41, 5.74) is 8.10. The molecule has 2 N–H and O–H groups in total. The first-order valence-electron chi connectivity index (χ1n) is 6.34. The molecule has 1 aliphatic rings. The normalized spacial score (nSPS) is 14.9. The number of aromatic nitrogens is 2. The van der Waals surface area contributed by atoms with E-state index in [0.717, 1.165) is 25.6 Å². The lowest BCUT2D eigenvalue weighted by molar-refractivity contribution is 0.600. The number of hydrogen-bond acceptors (Lipinski definition) is 4. The lowest BCUT2D eigenvalue weighted by Gasteiger charge is -2.22. The van der Waals surface area contributed by atoms with Crippen molar-refractivity contribution in [2.45, 2.75) is 19.4 Å². The first-order valence-corrected chi connectivity index (χ1v) is 6.34. The standard InChI is InChI=1S/C14H15FN4/c15-12-8-17-14(16)18-13(12)19-7-3-6-10-4-1-2-5-11(10)9-19/h1-2,4-5,8H,3,6-7,9H2,(H2,16,17,18). The SMILES string of the molecule is Nc1ncc(F)c(N2CCCc3ccccc3C2)n1. The van der Waals surface area contributed by atoms with Gasteiger partial charge in [0.2, 0.25) is 5.95 Å². The number of nitrogens with zero attached hydrogens (tertiary/aromatic N) is 3. The quantitative estimate of drug-likeness (QED) is 0.851. The summed E-state index contributed by atoms with van der Waals surface area (Å²) < 4.78 is 13.8. The van der Waals surface area contributed by atoms with Crippen molar-refractivity contribution in [2.75, 3.05) is 17.2 Å². The van der Waals surface area contributed by atoms with E-state index < -0.39 is 5.82 Å². The van der Waals surface area contributed by atoms with Crippen LogP contribution in [0.2, 0.25) is 0 Å². The Morgan fingerprint density at radius 2 is 2.00 bits per heavy atom. The average molecular weight is 258 g/mol. The molecule has 2 aromatic rings. The number of nitrogen functional groups attached to an aromatic ring is 1. The van der Waals surface area contributed by atoms with Crippen molar-refractivity contribution in [3.63, 3.8) is 0 Å². The van der Waals surface area contributed by atoms with Gasteiger partial charge < -0.3 is 10.6 Å². The third kappa shape index (κ3) is 2.36. The minimum atomic E-state index is -0.423. The number of benzene rings is 1. The number of nitrogens with two attached hydrogens (primary N) is 1. The van der Waals surface area contributed by atoms with Gasteiger partial charge in [-0.05, 0) is 24.0 Å². The molecular weight excluding hydrogens is 243 g/mol. The Morgan fingerprint density at radius 1 is 1.21 bits per heavy atom. The van der Waals surface area contributed by atoms with Crippen molar-refractivity contribution in [1.29, 1.82) is 0 Å². The van der Waals surface area contributed by atoms with Crippen molar-refractivity contribution >= 4 is 11.8 Å². The molecule has 0 unspecified atom stereocenters. The highest BCUT2D eigenvalue weighted by Gasteiger charge is 2.18. The topological polar surface area (TPSA) is 55.0 Å². The van der Waals surface area contributed by atoms with E-state index in [4.69, 9.17) is 5.73 Å². The molecule has 2 heterocycles. The third-order valence-corrected chi connectivity index (χ3v) is 3.40. The van der Waals surface area contributed by atoms with Gasteiger partial charge in [-0.15, -0.1) is 0 Å². The molecule has 0 saturated heterocycles. The molecule has 0 atom stereocenters. The molecule has 5 heteroatoms. The Labute approximate surface area is 111 Å². The van der Waals surface area contributed by atoms with Gasteiger partial charge in [-0.2, -0.15) is 4.98 Å². The van der Waals surface area contributed by atoms with Crippen LogP contribution >= 0.6 is 0 Å². The lowest BCUT2D eigenvalue weighted by atomic mass is 10.0. The number of rotatable bonds is 1. The Morgan fingerprint density at radius 3 is 2.84 bits per heavy atom. The van der Waals surface area contributed by atoms with Crippen LogP contribution in [0.1, 0.15) is 17.5 Å². The van der Waals surface area contributed by atoms with E-state index in [1.165, 1.54) is 11.1 Å². The van der Waals surface area contributed by atoms with Gasteiger partial charge in [-0.25, -0.2) is 9.37 Å². The van der Waals surface area contributed by atoms with Gasteiger partial charge in [0.25, 0.3) is 0 Å². The maximum atomic E-state index is 13.8. The van der Waals surface area contributed by atoms with E-state index in [-0.39, 0.29) is 5.95 Å².